The van der Waals surface area contributed by atoms with Gasteiger partial charge in [-0.25, -0.2) is 9.78 Å². The first-order chi connectivity index (χ1) is 15.1. The van der Waals surface area contributed by atoms with Crippen LogP contribution in [0.3, 0.4) is 0 Å². The van der Waals surface area contributed by atoms with E-state index >= 15 is 0 Å². The van der Waals surface area contributed by atoms with Crippen molar-refractivity contribution in [2.24, 2.45) is 10.8 Å². The third-order valence-corrected chi connectivity index (χ3v) is 6.46. The number of amides is 1. The van der Waals surface area contributed by atoms with Crippen molar-refractivity contribution < 1.29 is 9.53 Å². The summed E-state index contributed by atoms with van der Waals surface area (Å²) in [6, 6.07) is 2.36. The highest BCUT2D eigenvalue weighted by molar-refractivity contribution is 5.68. The van der Waals surface area contributed by atoms with Crippen LogP contribution in [0.4, 0.5) is 4.79 Å². The van der Waals surface area contributed by atoms with Gasteiger partial charge in [0.2, 0.25) is 0 Å². The molecule has 2 heterocycles. The Hall–Kier alpha value is -2.59. The smallest absolute Gasteiger partial charge is 0.410 e. The molecule has 1 aliphatic carbocycles. The molecular weight excluding hydrogens is 402 g/mol. The number of hydrogen-bond donors (Lipinski definition) is 0. The van der Waals surface area contributed by atoms with E-state index < -0.39 is 5.41 Å². The largest absolute Gasteiger partial charge is 0.446 e. The minimum Gasteiger partial charge on any atom is -0.446 e. The van der Waals surface area contributed by atoms with Gasteiger partial charge in [0.15, 0.2) is 0 Å². The van der Waals surface area contributed by atoms with Crippen LogP contribution in [0.5, 0.6) is 0 Å². The number of nitriles is 1. The van der Waals surface area contributed by atoms with E-state index in [1.165, 1.54) is 5.57 Å². The quantitative estimate of drug-likeness (QED) is 0.658. The summed E-state index contributed by atoms with van der Waals surface area (Å²) in [7, 11) is 0. The summed E-state index contributed by atoms with van der Waals surface area (Å²) in [6.45, 7) is 14.9. The van der Waals surface area contributed by atoms with Crippen LogP contribution >= 0.6 is 0 Å². The molecule has 1 aromatic rings. The molecule has 1 fully saturated rings. The fraction of sp³-hybridized carbons (Fsp3) is 0.640. The van der Waals surface area contributed by atoms with Gasteiger partial charge < -0.3 is 14.2 Å². The van der Waals surface area contributed by atoms with E-state index in [1.807, 2.05) is 30.4 Å². The Morgan fingerprint density at radius 2 is 2.00 bits per heavy atom. The monoisotopic (exact) mass is 439 g/mol. The van der Waals surface area contributed by atoms with Crippen molar-refractivity contribution in [1.29, 1.82) is 5.26 Å². The predicted molar refractivity (Wildman–Crippen MR) is 125 cm³/mol. The van der Waals surface area contributed by atoms with Crippen LogP contribution < -0.4 is 0 Å². The second-order valence-corrected chi connectivity index (χ2v) is 10.3. The average molecular weight is 440 g/mol. The van der Waals surface area contributed by atoms with Gasteiger partial charge in [0.1, 0.15) is 6.10 Å². The van der Waals surface area contributed by atoms with Crippen LogP contribution in [0.1, 0.15) is 53.2 Å². The van der Waals surface area contributed by atoms with Gasteiger partial charge in [-0.1, -0.05) is 45.9 Å². The van der Waals surface area contributed by atoms with E-state index in [-0.39, 0.29) is 17.6 Å². The Morgan fingerprint density at radius 1 is 1.28 bits per heavy atom. The molecule has 1 saturated heterocycles. The second-order valence-electron chi connectivity index (χ2n) is 10.3. The lowest BCUT2D eigenvalue weighted by molar-refractivity contribution is -0.000181. The summed E-state index contributed by atoms with van der Waals surface area (Å²) in [5.74, 6) is 0. The Bertz CT molecular complexity index is 896. The third-order valence-electron chi connectivity index (χ3n) is 6.46. The van der Waals surface area contributed by atoms with Crippen molar-refractivity contribution >= 4 is 6.09 Å². The van der Waals surface area contributed by atoms with Gasteiger partial charge in [-0.3, -0.25) is 4.90 Å². The van der Waals surface area contributed by atoms with E-state index in [0.717, 1.165) is 44.7 Å². The molecule has 2 unspecified atom stereocenters. The lowest BCUT2D eigenvalue weighted by Gasteiger charge is -2.36. The highest BCUT2D eigenvalue weighted by Gasteiger charge is 2.30. The van der Waals surface area contributed by atoms with Crippen molar-refractivity contribution in [2.45, 2.75) is 66.7 Å². The van der Waals surface area contributed by atoms with Gasteiger partial charge in [-0.2, -0.15) is 5.26 Å². The number of carbonyl (C=O) groups is 1. The van der Waals surface area contributed by atoms with Crippen molar-refractivity contribution in [3.8, 4) is 6.07 Å². The van der Waals surface area contributed by atoms with Gasteiger partial charge in [0.05, 0.1) is 23.5 Å². The second kappa shape index (κ2) is 9.91. The van der Waals surface area contributed by atoms with Crippen LogP contribution in [0.15, 0.2) is 36.3 Å². The molecule has 7 heteroatoms. The maximum Gasteiger partial charge on any atom is 0.410 e. The Labute approximate surface area is 192 Å². The number of piperazine rings is 1. The van der Waals surface area contributed by atoms with Crippen LogP contribution in [0.25, 0.3) is 0 Å². The molecule has 174 valence electrons. The first-order valence-electron chi connectivity index (χ1n) is 11.6. The molecule has 1 amide bonds. The highest BCUT2D eigenvalue weighted by atomic mass is 16.6. The maximum absolute atomic E-state index is 12.6. The number of rotatable bonds is 6. The van der Waals surface area contributed by atoms with Crippen LogP contribution in [-0.4, -0.2) is 57.7 Å². The van der Waals surface area contributed by atoms with E-state index in [1.54, 1.807) is 0 Å². The molecule has 0 N–H and O–H groups in total. The van der Waals surface area contributed by atoms with Crippen LogP contribution in [0, 0.1) is 22.2 Å². The van der Waals surface area contributed by atoms with Crippen molar-refractivity contribution in [3.63, 3.8) is 0 Å². The fourth-order valence-corrected chi connectivity index (χ4v) is 4.18. The maximum atomic E-state index is 12.6. The number of imidazole rings is 1. The van der Waals surface area contributed by atoms with Gasteiger partial charge >= 0.3 is 6.09 Å². The van der Waals surface area contributed by atoms with E-state index in [2.05, 4.69) is 60.4 Å². The zero-order valence-corrected chi connectivity index (χ0v) is 20.2. The molecule has 2 atom stereocenters. The molecule has 3 rings (SSSR count). The molecule has 1 aliphatic heterocycles. The van der Waals surface area contributed by atoms with Crippen molar-refractivity contribution in [3.05, 3.63) is 42.0 Å². The Balaban J connectivity index is 1.50. The van der Waals surface area contributed by atoms with Crippen molar-refractivity contribution in [2.75, 3.05) is 26.2 Å². The van der Waals surface area contributed by atoms with Gasteiger partial charge in [0.25, 0.3) is 0 Å². The number of carbonyl (C=O) groups excluding carboxylic acids is 1. The van der Waals surface area contributed by atoms with E-state index in [9.17, 15) is 10.1 Å². The SMILES string of the molecule is CCC(OC(=O)N1CCN(Cc2cncn2CC2=CCC(C)(C#N)C=C2)CC1)C(C)(C)C. The summed E-state index contributed by atoms with van der Waals surface area (Å²) in [4.78, 5) is 21.2. The number of ether oxygens (including phenoxy) is 1. The molecule has 0 saturated carbocycles. The Morgan fingerprint density at radius 3 is 2.56 bits per heavy atom. The lowest BCUT2D eigenvalue weighted by atomic mass is 9.83. The lowest BCUT2D eigenvalue weighted by Crippen LogP contribution is -2.49. The van der Waals surface area contributed by atoms with E-state index in [4.69, 9.17) is 4.74 Å². The molecule has 32 heavy (non-hydrogen) atoms. The molecular formula is C25H37N5O2. The number of nitrogens with zero attached hydrogens (tertiary/aromatic N) is 5. The minimum absolute atomic E-state index is 0.0547. The van der Waals surface area contributed by atoms with Crippen LogP contribution in [-0.2, 0) is 17.8 Å². The minimum atomic E-state index is -0.397. The number of hydrogen-bond acceptors (Lipinski definition) is 5. The summed E-state index contributed by atoms with van der Waals surface area (Å²) in [5.41, 5.74) is 1.91. The molecule has 0 aromatic carbocycles. The fourth-order valence-electron chi connectivity index (χ4n) is 4.18. The van der Waals surface area contributed by atoms with Crippen molar-refractivity contribution in [1.82, 2.24) is 19.4 Å². The zero-order chi connectivity index (χ0) is 23.4. The van der Waals surface area contributed by atoms with Gasteiger partial charge in [-0.15, -0.1) is 0 Å². The first kappa shape index (κ1) is 24.1. The molecule has 0 bridgehead atoms. The molecule has 1 aromatic heterocycles. The third kappa shape index (κ3) is 6.01. The standard InChI is InChI=1S/C25H37N5O2/c1-6-22(24(2,3)4)32-23(31)29-13-11-28(12-14-29)17-21-15-27-19-30(21)16-20-7-9-25(5,18-26)10-8-20/h7-9,15,19,22H,6,10-14,16-17H2,1-5H3. The summed E-state index contributed by atoms with van der Waals surface area (Å²) < 4.78 is 7.96. The zero-order valence-electron chi connectivity index (χ0n) is 20.2. The summed E-state index contributed by atoms with van der Waals surface area (Å²) in [6.07, 6.45) is 11.3. The van der Waals surface area contributed by atoms with Gasteiger partial charge in [-0.05, 0) is 30.8 Å². The average Bonchev–Trinajstić information content (AvgIpc) is 3.19. The Kier molecular flexibility index (Phi) is 7.45. The topological polar surface area (TPSA) is 74.4 Å². The molecule has 0 radical (unpaired) electrons. The van der Waals surface area contributed by atoms with E-state index in [0.29, 0.717) is 13.1 Å². The summed E-state index contributed by atoms with van der Waals surface area (Å²) in [5, 5.41) is 9.28. The molecule has 0 spiro atoms. The normalized spacial score (nSPS) is 22.9. The molecule has 2 aliphatic rings. The first-order valence-corrected chi connectivity index (χ1v) is 11.6. The summed E-state index contributed by atoms with van der Waals surface area (Å²) >= 11 is 0. The number of aromatic nitrogens is 2. The highest BCUT2D eigenvalue weighted by Crippen LogP contribution is 2.29. The van der Waals surface area contributed by atoms with Crippen LogP contribution in [0.2, 0.25) is 0 Å². The number of allylic oxidation sites excluding steroid dienone is 4. The predicted octanol–water partition coefficient (Wildman–Crippen LogP) is 4.38. The molecule has 7 nitrogen and oxygen atoms in total. The van der Waals surface area contributed by atoms with Gasteiger partial charge in [0, 0.05) is 45.5 Å².